The standard InChI is InChI=1S/C30H27ClN2O2S/c1-20-8-6-9-21(2)28(20)33-30(35)29(23-10-4-3-5-11-23)36-26-13-7-12-25(19-26)32-27(34)18-22-14-16-24(31)17-15-22/h3-17,19,29H,18H2,1-2H3,(H,32,34)(H,33,35). The predicted octanol–water partition coefficient (Wildman–Crippen LogP) is 7.61. The topological polar surface area (TPSA) is 58.2 Å². The number of halogens is 1. The molecule has 0 aliphatic heterocycles. The molecule has 4 nitrogen and oxygen atoms in total. The Morgan fingerprint density at radius 2 is 1.47 bits per heavy atom. The number of thioether (sulfide) groups is 1. The Morgan fingerprint density at radius 1 is 0.806 bits per heavy atom. The lowest BCUT2D eigenvalue weighted by atomic mass is 10.1. The van der Waals surface area contributed by atoms with Gasteiger partial charge in [-0.3, -0.25) is 9.59 Å². The van der Waals surface area contributed by atoms with Gasteiger partial charge >= 0.3 is 0 Å². The highest BCUT2D eigenvalue weighted by Gasteiger charge is 2.23. The normalized spacial score (nSPS) is 11.5. The van der Waals surface area contributed by atoms with E-state index in [9.17, 15) is 9.59 Å². The van der Waals surface area contributed by atoms with Crippen LogP contribution >= 0.6 is 23.4 Å². The number of carbonyl (C=O) groups excluding carboxylic acids is 2. The monoisotopic (exact) mass is 514 g/mol. The highest BCUT2D eigenvalue weighted by atomic mass is 35.5. The van der Waals surface area contributed by atoms with E-state index in [-0.39, 0.29) is 18.2 Å². The Morgan fingerprint density at radius 3 is 2.17 bits per heavy atom. The summed E-state index contributed by atoms with van der Waals surface area (Å²) in [5.74, 6) is -0.215. The first kappa shape index (κ1) is 25.5. The highest BCUT2D eigenvalue weighted by molar-refractivity contribution is 8.00. The van der Waals surface area contributed by atoms with Crippen LogP contribution in [0.5, 0.6) is 0 Å². The third-order valence-corrected chi connectivity index (χ3v) is 7.22. The van der Waals surface area contributed by atoms with Crippen LogP contribution in [0.25, 0.3) is 0 Å². The fourth-order valence-corrected chi connectivity index (χ4v) is 5.09. The number of rotatable bonds is 8. The van der Waals surface area contributed by atoms with Crippen LogP contribution in [0.4, 0.5) is 11.4 Å². The van der Waals surface area contributed by atoms with Gasteiger partial charge in [0.2, 0.25) is 11.8 Å². The number of benzene rings is 4. The molecular formula is C30H27ClN2O2S. The number of anilines is 2. The molecule has 1 unspecified atom stereocenters. The molecule has 4 aromatic rings. The van der Waals surface area contributed by atoms with Gasteiger partial charge in [-0.05, 0) is 66.4 Å². The average molecular weight is 515 g/mol. The quantitative estimate of drug-likeness (QED) is 0.238. The van der Waals surface area contributed by atoms with Gasteiger partial charge in [-0.25, -0.2) is 0 Å². The minimum absolute atomic E-state index is 0.0965. The molecule has 0 bridgehead atoms. The molecule has 2 N–H and O–H groups in total. The summed E-state index contributed by atoms with van der Waals surface area (Å²) < 4.78 is 0. The maximum absolute atomic E-state index is 13.5. The number of aryl methyl sites for hydroxylation is 2. The summed E-state index contributed by atoms with van der Waals surface area (Å²) in [6, 6.07) is 30.5. The molecule has 0 fully saturated rings. The summed E-state index contributed by atoms with van der Waals surface area (Å²) >= 11 is 7.38. The molecule has 0 aliphatic carbocycles. The van der Waals surface area contributed by atoms with Gasteiger partial charge in [-0.1, -0.05) is 78.3 Å². The van der Waals surface area contributed by atoms with Crippen molar-refractivity contribution in [2.45, 2.75) is 30.4 Å². The molecule has 4 rings (SSSR count). The summed E-state index contributed by atoms with van der Waals surface area (Å²) in [6.45, 7) is 3.98. The summed E-state index contributed by atoms with van der Waals surface area (Å²) in [5.41, 5.74) is 5.35. The Bertz CT molecular complexity index is 1340. The molecule has 6 heteroatoms. The Kier molecular flexibility index (Phi) is 8.47. The second kappa shape index (κ2) is 11.9. The van der Waals surface area contributed by atoms with Gasteiger partial charge in [0.15, 0.2) is 0 Å². The maximum atomic E-state index is 13.5. The van der Waals surface area contributed by atoms with E-state index in [2.05, 4.69) is 10.6 Å². The molecule has 182 valence electrons. The third kappa shape index (κ3) is 6.78. The van der Waals surface area contributed by atoms with Crippen LogP contribution in [0.1, 0.15) is 27.5 Å². The lowest BCUT2D eigenvalue weighted by Gasteiger charge is -2.19. The molecular weight excluding hydrogens is 488 g/mol. The molecule has 0 spiro atoms. The minimum atomic E-state index is -0.467. The molecule has 0 aliphatic rings. The number of nitrogens with one attached hydrogen (secondary N) is 2. The van der Waals surface area contributed by atoms with E-state index in [0.717, 1.165) is 32.8 Å². The zero-order valence-electron chi connectivity index (χ0n) is 20.1. The smallest absolute Gasteiger partial charge is 0.242 e. The molecule has 0 aromatic heterocycles. The molecule has 4 aromatic carbocycles. The number of para-hydroxylation sites is 1. The zero-order valence-corrected chi connectivity index (χ0v) is 21.7. The largest absolute Gasteiger partial charge is 0.326 e. The molecule has 0 radical (unpaired) electrons. The Balaban J connectivity index is 1.51. The summed E-state index contributed by atoms with van der Waals surface area (Å²) in [5, 5.41) is 6.26. The van der Waals surface area contributed by atoms with E-state index in [0.29, 0.717) is 10.7 Å². The van der Waals surface area contributed by atoms with Crippen molar-refractivity contribution in [3.05, 3.63) is 124 Å². The van der Waals surface area contributed by atoms with Crippen molar-refractivity contribution in [1.82, 2.24) is 0 Å². The van der Waals surface area contributed by atoms with Gasteiger partial charge in [-0.15, -0.1) is 11.8 Å². The molecule has 1 atom stereocenters. The van der Waals surface area contributed by atoms with Crippen LogP contribution in [-0.4, -0.2) is 11.8 Å². The first-order chi connectivity index (χ1) is 17.4. The van der Waals surface area contributed by atoms with Crippen LogP contribution < -0.4 is 10.6 Å². The van der Waals surface area contributed by atoms with E-state index in [1.807, 2.05) is 98.8 Å². The molecule has 36 heavy (non-hydrogen) atoms. The summed E-state index contributed by atoms with van der Waals surface area (Å²) in [4.78, 5) is 27.0. The van der Waals surface area contributed by atoms with Crippen LogP contribution in [0.3, 0.4) is 0 Å². The second-order valence-electron chi connectivity index (χ2n) is 8.54. The van der Waals surface area contributed by atoms with Crippen molar-refractivity contribution < 1.29 is 9.59 Å². The van der Waals surface area contributed by atoms with Crippen molar-refractivity contribution in [3.63, 3.8) is 0 Å². The summed E-state index contributed by atoms with van der Waals surface area (Å²) in [7, 11) is 0. The van der Waals surface area contributed by atoms with Crippen LogP contribution in [-0.2, 0) is 16.0 Å². The highest BCUT2D eigenvalue weighted by Crippen LogP contribution is 2.37. The van der Waals surface area contributed by atoms with E-state index in [1.165, 1.54) is 11.8 Å². The lowest BCUT2D eigenvalue weighted by Crippen LogP contribution is -2.20. The maximum Gasteiger partial charge on any atom is 0.242 e. The third-order valence-electron chi connectivity index (χ3n) is 5.72. The molecule has 0 heterocycles. The van der Waals surface area contributed by atoms with Crippen molar-refractivity contribution in [2.24, 2.45) is 0 Å². The number of amides is 2. The number of carbonyl (C=O) groups is 2. The van der Waals surface area contributed by atoms with E-state index >= 15 is 0 Å². The summed E-state index contributed by atoms with van der Waals surface area (Å²) in [6.07, 6.45) is 0.249. The first-order valence-corrected chi connectivity index (χ1v) is 12.9. The van der Waals surface area contributed by atoms with E-state index < -0.39 is 5.25 Å². The molecule has 0 saturated heterocycles. The van der Waals surface area contributed by atoms with Crippen molar-refractivity contribution in [1.29, 1.82) is 0 Å². The second-order valence-corrected chi connectivity index (χ2v) is 10.2. The van der Waals surface area contributed by atoms with E-state index in [4.69, 9.17) is 11.6 Å². The lowest BCUT2D eigenvalue weighted by molar-refractivity contribution is -0.116. The van der Waals surface area contributed by atoms with E-state index in [1.54, 1.807) is 12.1 Å². The fraction of sp³-hybridized carbons (Fsp3) is 0.133. The van der Waals surface area contributed by atoms with Gasteiger partial charge in [0.1, 0.15) is 5.25 Å². The van der Waals surface area contributed by atoms with Crippen molar-refractivity contribution >= 4 is 46.6 Å². The Labute approximate surface area is 221 Å². The van der Waals surface area contributed by atoms with Gasteiger partial charge in [0, 0.05) is 21.3 Å². The first-order valence-electron chi connectivity index (χ1n) is 11.6. The van der Waals surface area contributed by atoms with Gasteiger partial charge in [-0.2, -0.15) is 0 Å². The minimum Gasteiger partial charge on any atom is -0.326 e. The van der Waals surface area contributed by atoms with Crippen LogP contribution in [0.15, 0.2) is 102 Å². The van der Waals surface area contributed by atoms with Crippen molar-refractivity contribution in [2.75, 3.05) is 10.6 Å². The molecule has 0 saturated carbocycles. The van der Waals surface area contributed by atoms with Gasteiger partial charge < -0.3 is 10.6 Å². The van der Waals surface area contributed by atoms with Crippen LogP contribution in [0.2, 0.25) is 5.02 Å². The number of hydrogen-bond donors (Lipinski definition) is 2. The SMILES string of the molecule is Cc1cccc(C)c1NC(=O)C(Sc1cccc(NC(=O)Cc2ccc(Cl)cc2)c1)c1ccccc1. The van der Waals surface area contributed by atoms with Crippen LogP contribution in [0, 0.1) is 13.8 Å². The predicted molar refractivity (Wildman–Crippen MR) is 150 cm³/mol. The van der Waals surface area contributed by atoms with Crippen molar-refractivity contribution in [3.8, 4) is 0 Å². The van der Waals surface area contributed by atoms with Gasteiger partial charge in [0.25, 0.3) is 0 Å². The Hall–Kier alpha value is -3.54. The fourth-order valence-electron chi connectivity index (χ4n) is 3.88. The molecule has 2 amide bonds. The number of hydrogen-bond acceptors (Lipinski definition) is 3. The van der Waals surface area contributed by atoms with Gasteiger partial charge in [0.05, 0.1) is 6.42 Å². The zero-order chi connectivity index (χ0) is 25.5. The average Bonchev–Trinajstić information content (AvgIpc) is 2.87.